The van der Waals surface area contributed by atoms with Crippen LogP contribution in [-0.4, -0.2) is 54.5 Å². The lowest BCUT2D eigenvalue weighted by atomic mass is 9.83. The second kappa shape index (κ2) is 10.8. The number of guanidine groups is 1. The smallest absolute Gasteiger partial charge is 0.254 e. The highest BCUT2D eigenvalue weighted by molar-refractivity contribution is 5.95. The zero-order valence-corrected chi connectivity index (χ0v) is 21.9. The van der Waals surface area contributed by atoms with Gasteiger partial charge in [-0.25, -0.2) is 4.99 Å². The maximum atomic E-state index is 13.0. The van der Waals surface area contributed by atoms with Crippen molar-refractivity contribution in [3.8, 4) is 11.1 Å². The maximum absolute atomic E-state index is 13.0. The van der Waals surface area contributed by atoms with Gasteiger partial charge < -0.3 is 20.3 Å². The summed E-state index contributed by atoms with van der Waals surface area (Å²) in [7, 11) is 0. The predicted octanol–water partition coefficient (Wildman–Crippen LogP) is 4.90. The van der Waals surface area contributed by atoms with E-state index in [-0.39, 0.29) is 5.91 Å². The fourth-order valence-corrected chi connectivity index (χ4v) is 5.55. The molecule has 0 radical (unpaired) electrons. The van der Waals surface area contributed by atoms with Crippen molar-refractivity contribution in [2.24, 2.45) is 10.7 Å². The van der Waals surface area contributed by atoms with Gasteiger partial charge in [-0.15, -0.1) is 0 Å². The van der Waals surface area contributed by atoms with E-state index in [0.29, 0.717) is 50.9 Å². The number of aliphatic imine (C=N–C) groups is 1. The molecule has 2 heterocycles. The van der Waals surface area contributed by atoms with Crippen LogP contribution in [0.4, 0.5) is 0 Å². The molecule has 0 bridgehead atoms. The molecule has 4 aromatic carbocycles. The molecule has 0 aliphatic carbocycles. The Labute approximate surface area is 229 Å². The number of carbonyl (C=O) groups excluding carboxylic acids is 1. The van der Waals surface area contributed by atoms with Crippen LogP contribution < -0.4 is 5.73 Å². The molecule has 6 rings (SSSR count). The third kappa shape index (κ3) is 5.03. The van der Waals surface area contributed by atoms with Crippen molar-refractivity contribution in [1.82, 2.24) is 9.80 Å². The first-order valence-electron chi connectivity index (χ1n) is 13.4. The minimum atomic E-state index is -0.557. The molecule has 1 fully saturated rings. The molecule has 4 aromatic rings. The molecule has 1 amide bonds. The Kier molecular flexibility index (Phi) is 6.86. The van der Waals surface area contributed by atoms with Crippen LogP contribution in [0.25, 0.3) is 11.1 Å². The average Bonchev–Trinajstić information content (AvgIpc) is 3.35. The predicted molar refractivity (Wildman–Crippen MR) is 154 cm³/mol. The van der Waals surface area contributed by atoms with Gasteiger partial charge in [0.1, 0.15) is 5.54 Å². The maximum Gasteiger partial charge on any atom is 0.254 e. The number of amides is 1. The van der Waals surface area contributed by atoms with Gasteiger partial charge in [0.2, 0.25) is 0 Å². The summed E-state index contributed by atoms with van der Waals surface area (Å²) in [5.74, 6) is 0.585. The summed E-state index contributed by atoms with van der Waals surface area (Å²) in [6, 6.07) is 37.1. The number of carbonyl (C=O) groups is 1. The number of morpholine rings is 1. The number of nitrogens with two attached hydrogens (primary N) is 1. The van der Waals surface area contributed by atoms with E-state index in [1.807, 2.05) is 35.2 Å². The van der Waals surface area contributed by atoms with Crippen molar-refractivity contribution in [1.29, 1.82) is 0 Å². The van der Waals surface area contributed by atoms with E-state index in [2.05, 4.69) is 83.8 Å². The number of ether oxygens (including phenoxy) is 1. The van der Waals surface area contributed by atoms with Crippen molar-refractivity contribution >= 4 is 11.9 Å². The van der Waals surface area contributed by atoms with E-state index in [9.17, 15) is 4.79 Å². The van der Waals surface area contributed by atoms with Gasteiger partial charge in [-0.3, -0.25) is 4.79 Å². The third-order valence-corrected chi connectivity index (χ3v) is 7.59. The number of benzene rings is 4. The molecule has 0 saturated carbocycles. The molecule has 0 unspecified atom stereocenters. The van der Waals surface area contributed by atoms with Gasteiger partial charge in [0.05, 0.1) is 19.8 Å². The van der Waals surface area contributed by atoms with Gasteiger partial charge in [0.25, 0.3) is 5.91 Å². The number of hydrogen-bond donors (Lipinski definition) is 1. The summed E-state index contributed by atoms with van der Waals surface area (Å²) >= 11 is 0. The fourth-order valence-electron chi connectivity index (χ4n) is 5.55. The monoisotopic (exact) mass is 516 g/mol. The molecule has 196 valence electrons. The van der Waals surface area contributed by atoms with E-state index in [4.69, 9.17) is 15.5 Å². The van der Waals surface area contributed by atoms with Crippen molar-refractivity contribution in [3.63, 3.8) is 0 Å². The summed E-state index contributed by atoms with van der Waals surface area (Å²) in [5, 5.41) is 0. The number of nitrogens with zero attached hydrogens (tertiary/aromatic N) is 3. The Bertz CT molecular complexity index is 1440. The van der Waals surface area contributed by atoms with Crippen LogP contribution in [0.15, 0.2) is 114 Å². The largest absolute Gasteiger partial charge is 0.378 e. The summed E-state index contributed by atoms with van der Waals surface area (Å²) in [4.78, 5) is 22.1. The normalized spacial score (nSPS) is 16.7. The van der Waals surface area contributed by atoms with E-state index < -0.39 is 5.54 Å². The summed E-state index contributed by atoms with van der Waals surface area (Å²) in [5.41, 5.74) is 12.2. The second-order valence-electron chi connectivity index (χ2n) is 10.1. The van der Waals surface area contributed by atoms with Gasteiger partial charge in [-0.05, 0) is 46.0 Å². The number of hydrogen-bond acceptors (Lipinski definition) is 5. The van der Waals surface area contributed by atoms with E-state index in [0.717, 1.165) is 27.8 Å². The first kappa shape index (κ1) is 24.9. The second-order valence-corrected chi connectivity index (χ2v) is 10.1. The van der Waals surface area contributed by atoms with Gasteiger partial charge in [0.15, 0.2) is 5.96 Å². The first-order chi connectivity index (χ1) is 19.1. The minimum Gasteiger partial charge on any atom is -0.378 e. The fraction of sp³-hybridized carbons (Fsp3) is 0.212. The Morgan fingerprint density at radius 2 is 1.41 bits per heavy atom. The average molecular weight is 517 g/mol. The lowest BCUT2D eigenvalue weighted by molar-refractivity contribution is 0.0303. The molecule has 39 heavy (non-hydrogen) atoms. The zero-order chi connectivity index (χ0) is 26.7. The summed E-state index contributed by atoms with van der Waals surface area (Å²) in [6.07, 6.45) is 0. The first-order valence-corrected chi connectivity index (χ1v) is 13.4. The molecule has 1 saturated heterocycles. The highest BCUT2D eigenvalue weighted by atomic mass is 16.5. The van der Waals surface area contributed by atoms with Gasteiger partial charge in [0, 0.05) is 25.2 Å². The molecule has 0 atom stereocenters. The molecule has 2 aliphatic rings. The standard InChI is InChI=1S/C33H32N4O2/c34-32-35-33(29-13-3-1-4-14-29,30-15-5-2-6-16-30)24-37(32)23-25-9-7-10-26(21-25)27-11-8-12-28(22-27)31(38)36-17-19-39-20-18-36/h1-16,21-22H,17-20,23-24H2,(H2,34,35). The van der Waals surface area contributed by atoms with Crippen LogP contribution in [0, 0.1) is 0 Å². The topological polar surface area (TPSA) is 71.2 Å². The van der Waals surface area contributed by atoms with Gasteiger partial charge in [-0.2, -0.15) is 0 Å². The SMILES string of the molecule is NC1=NC(c2ccccc2)(c2ccccc2)CN1Cc1cccc(-c2cccc(C(=O)N3CCOCC3)c2)c1. The molecule has 2 aliphatic heterocycles. The van der Waals surface area contributed by atoms with Crippen LogP contribution in [0.5, 0.6) is 0 Å². The lowest BCUT2D eigenvalue weighted by Crippen LogP contribution is -2.40. The van der Waals surface area contributed by atoms with Crippen molar-refractivity contribution in [3.05, 3.63) is 131 Å². The van der Waals surface area contributed by atoms with Gasteiger partial charge >= 0.3 is 0 Å². The summed E-state index contributed by atoms with van der Waals surface area (Å²) in [6.45, 7) is 3.73. The van der Waals surface area contributed by atoms with Gasteiger partial charge in [-0.1, -0.05) is 91.0 Å². The van der Waals surface area contributed by atoms with E-state index >= 15 is 0 Å². The Morgan fingerprint density at radius 3 is 2.08 bits per heavy atom. The highest BCUT2D eigenvalue weighted by Crippen LogP contribution is 2.39. The highest BCUT2D eigenvalue weighted by Gasteiger charge is 2.41. The Balaban J connectivity index is 1.25. The van der Waals surface area contributed by atoms with Crippen molar-refractivity contribution in [2.45, 2.75) is 12.1 Å². The zero-order valence-electron chi connectivity index (χ0n) is 21.9. The van der Waals surface area contributed by atoms with Crippen LogP contribution in [0.1, 0.15) is 27.0 Å². The van der Waals surface area contributed by atoms with E-state index in [1.165, 1.54) is 0 Å². The molecule has 0 aromatic heterocycles. The van der Waals surface area contributed by atoms with Crippen molar-refractivity contribution in [2.75, 3.05) is 32.8 Å². The Morgan fingerprint density at radius 1 is 0.795 bits per heavy atom. The molecular formula is C33H32N4O2. The molecule has 2 N–H and O–H groups in total. The van der Waals surface area contributed by atoms with Crippen molar-refractivity contribution < 1.29 is 9.53 Å². The molecule has 0 spiro atoms. The minimum absolute atomic E-state index is 0.0514. The third-order valence-electron chi connectivity index (χ3n) is 7.59. The van der Waals surface area contributed by atoms with Crippen LogP contribution in [0.3, 0.4) is 0 Å². The summed E-state index contributed by atoms with van der Waals surface area (Å²) < 4.78 is 5.40. The molecule has 6 nitrogen and oxygen atoms in total. The molecule has 6 heteroatoms. The number of rotatable bonds is 6. The van der Waals surface area contributed by atoms with Crippen LogP contribution in [-0.2, 0) is 16.8 Å². The van der Waals surface area contributed by atoms with Crippen LogP contribution >= 0.6 is 0 Å². The Hall–Kier alpha value is -4.42. The van der Waals surface area contributed by atoms with E-state index in [1.54, 1.807) is 0 Å². The lowest BCUT2D eigenvalue weighted by Gasteiger charge is -2.29. The quantitative estimate of drug-likeness (QED) is 0.396. The van der Waals surface area contributed by atoms with Crippen LogP contribution in [0.2, 0.25) is 0 Å². The molecular weight excluding hydrogens is 484 g/mol.